The molecular formula is C66H109NO8P+. The third-order valence-electron chi connectivity index (χ3n) is 11.9. The fourth-order valence-electron chi connectivity index (χ4n) is 7.37. The van der Waals surface area contributed by atoms with Crippen molar-refractivity contribution in [3.8, 4) is 0 Å². The molecule has 0 spiro atoms. The SMILES string of the molecule is CC/C=C\C/C=C\C/C=C\C/C=C\C/C=C\C/C=C\C/C=C\CCCCCCCC(=O)OC(COC(=O)CCCCCCCCCCC/C=C\C/C=C\C/C=C\C/C=C\C/C=C\CC)COP(=O)(O)OCC[N+](C)(C)C. The molecule has 1 N–H and O–H groups in total. The van der Waals surface area contributed by atoms with Gasteiger partial charge in [0.25, 0.3) is 0 Å². The summed E-state index contributed by atoms with van der Waals surface area (Å²) in [6.07, 6.45) is 81.9. The molecule has 2 unspecified atom stereocenters. The number of ether oxygens (including phenoxy) is 2. The number of carbonyl (C=O) groups is 2. The summed E-state index contributed by atoms with van der Waals surface area (Å²) in [4.78, 5) is 35.7. The van der Waals surface area contributed by atoms with E-state index < -0.39 is 26.5 Å². The average Bonchev–Trinajstić information content (AvgIpc) is 3.38. The molecule has 0 amide bonds. The van der Waals surface area contributed by atoms with E-state index in [4.69, 9.17) is 18.5 Å². The number of nitrogens with zero attached hydrogens (tertiary/aromatic N) is 1. The zero-order valence-corrected chi connectivity index (χ0v) is 49.6. The number of unbranched alkanes of at least 4 members (excludes halogenated alkanes) is 14. The van der Waals surface area contributed by atoms with E-state index in [1.165, 1.54) is 32.1 Å². The summed E-state index contributed by atoms with van der Waals surface area (Å²) < 4.78 is 34.6. The highest BCUT2D eigenvalue weighted by atomic mass is 31.2. The Kier molecular flexibility index (Phi) is 52.6. The predicted octanol–water partition coefficient (Wildman–Crippen LogP) is 18.7. The first-order valence-electron chi connectivity index (χ1n) is 29.6. The number of hydrogen-bond donors (Lipinski definition) is 1. The Morgan fingerprint density at radius 1 is 0.408 bits per heavy atom. The maximum Gasteiger partial charge on any atom is 0.472 e. The van der Waals surface area contributed by atoms with Crippen LogP contribution in [0.1, 0.15) is 206 Å². The molecule has 0 aliphatic rings. The van der Waals surface area contributed by atoms with Crippen molar-refractivity contribution in [3.05, 3.63) is 146 Å². The molecule has 10 heteroatoms. The summed E-state index contributed by atoms with van der Waals surface area (Å²) in [6, 6.07) is 0. The maximum atomic E-state index is 12.8. The van der Waals surface area contributed by atoms with Crippen LogP contribution < -0.4 is 0 Å². The highest BCUT2D eigenvalue weighted by Crippen LogP contribution is 2.43. The van der Waals surface area contributed by atoms with E-state index in [2.05, 4.69) is 160 Å². The van der Waals surface area contributed by atoms with E-state index in [0.29, 0.717) is 17.4 Å². The summed E-state index contributed by atoms with van der Waals surface area (Å²) in [6.45, 7) is 4.15. The number of quaternary nitrogens is 1. The van der Waals surface area contributed by atoms with Gasteiger partial charge in [-0.05, 0) is 116 Å². The number of phosphoric acid groups is 1. The van der Waals surface area contributed by atoms with Crippen LogP contribution in [0.5, 0.6) is 0 Å². The Labute approximate surface area is 465 Å². The molecule has 0 radical (unpaired) electrons. The number of rotatable bonds is 52. The van der Waals surface area contributed by atoms with Crippen LogP contribution in [-0.4, -0.2) is 74.9 Å². The summed E-state index contributed by atoms with van der Waals surface area (Å²) in [5, 5.41) is 0. The fourth-order valence-corrected chi connectivity index (χ4v) is 8.12. The molecule has 0 saturated heterocycles. The molecule has 9 nitrogen and oxygen atoms in total. The van der Waals surface area contributed by atoms with Crippen molar-refractivity contribution < 1.29 is 42.1 Å². The molecule has 76 heavy (non-hydrogen) atoms. The summed E-state index contributed by atoms with van der Waals surface area (Å²) in [5.74, 6) is -0.838. The molecule has 0 fully saturated rings. The third-order valence-corrected chi connectivity index (χ3v) is 12.8. The van der Waals surface area contributed by atoms with Crippen LogP contribution in [0.3, 0.4) is 0 Å². The van der Waals surface area contributed by atoms with Crippen LogP contribution in [-0.2, 0) is 32.7 Å². The minimum Gasteiger partial charge on any atom is -0.462 e. The Morgan fingerprint density at radius 2 is 0.711 bits per heavy atom. The molecule has 2 atom stereocenters. The van der Waals surface area contributed by atoms with E-state index in [1.807, 2.05) is 21.1 Å². The third kappa shape index (κ3) is 59.1. The number of hydrogen-bond acceptors (Lipinski definition) is 7. The van der Waals surface area contributed by atoms with Crippen molar-refractivity contribution in [1.82, 2.24) is 0 Å². The van der Waals surface area contributed by atoms with Gasteiger partial charge in [-0.1, -0.05) is 224 Å². The van der Waals surface area contributed by atoms with Gasteiger partial charge in [0.15, 0.2) is 6.10 Å². The quantitative estimate of drug-likeness (QED) is 0.0211. The van der Waals surface area contributed by atoms with E-state index in [1.54, 1.807) is 0 Å². The van der Waals surface area contributed by atoms with Gasteiger partial charge in [-0.3, -0.25) is 18.6 Å². The second-order valence-electron chi connectivity index (χ2n) is 20.3. The second-order valence-corrected chi connectivity index (χ2v) is 21.7. The Hall–Kier alpha value is -4.11. The summed E-state index contributed by atoms with van der Waals surface area (Å²) >= 11 is 0. The molecule has 0 heterocycles. The normalized spacial score (nSPS) is 14.3. The lowest BCUT2D eigenvalue weighted by Crippen LogP contribution is -2.37. The first kappa shape index (κ1) is 71.9. The van der Waals surface area contributed by atoms with Crippen molar-refractivity contribution in [1.29, 1.82) is 0 Å². The Balaban J connectivity index is 4.27. The van der Waals surface area contributed by atoms with E-state index in [9.17, 15) is 19.0 Å². The van der Waals surface area contributed by atoms with Crippen molar-refractivity contribution in [3.63, 3.8) is 0 Å². The van der Waals surface area contributed by atoms with Crippen LogP contribution in [0.2, 0.25) is 0 Å². The van der Waals surface area contributed by atoms with Gasteiger partial charge in [0, 0.05) is 12.8 Å². The molecular weight excluding hydrogens is 966 g/mol. The maximum absolute atomic E-state index is 12.8. The number of allylic oxidation sites excluding steroid dienone is 24. The number of carbonyl (C=O) groups excluding carboxylic acids is 2. The van der Waals surface area contributed by atoms with Crippen molar-refractivity contribution in [2.45, 2.75) is 213 Å². The zero-order valence-electron chi connectivity index (χ0n) is 48.7. The number of phosphoric ester groups is 1. The van der Waals surface area contributed by atoms with Crippen molar-refractivity contribution in [2.24, 2.45) is 0 Å². The van der Waals surface area contributed by atoms with E-state index in [-0.39, 0.29) is 32.0 Å². The molecule has 0 aromatic heterocycles. The first-order chi connectivity index (χ1) is 37.0. The molecule has 0 saturated carbocycles. The highest BCUT2D eigenvalue weighted by molar-refractivity contribution is 7.47. The van der Waals surface area contributed by atoms with Gasteiger partial charge in [0.2, 0.25) is 0 Å². The second kappa shape index (κ2) is 55.6. The van der Waals surface area contributed by atoms with Crippen LogP contribution in [0.15, 0.2) is 146 Å². The topological polar surface area (TPSA) is 108 Å². The van der Waals surface area contributed by atoms with Crippen LogP contribution in [0.25, 0.3) is 0 Å². The Bertz CT molecular complexity index is 1790. The van der Waals surface area contributed by atoms with Gasteiger partial charge in [-0.2, -0.15) is 0 Å². The van der Waals surface area contributed by atoms with Crippen LogP contribution in [0, 0.1) is 0 Å². The summed E-state index contributed by atoms with van der Waals surface area (Å²) in [7, 11) is 1.44. The fraction of sp³-hybridized carbons (Fsp3) is 0.606. The molecule has 430 valence electrons. The van der Waals surface area contributed by atoms with Gasteiger partial charge in [0.05, 0.1) is 27.7 Å². The smallest absolute Gasteiger partial charge is 0.462 e. The van der Waals surface area contributed by atoms with Gasteiger partial charge in [-0.25, -0.2) is 4.57 Å². The van der Waals surface area contributed by atoms with Gasteiger partial charge >= 0.3 is 19.8 Å². The Morgan fingerprint density at radius 3 is 1.05 bits per heavy atom. The molecule has 0 bridgehead atoms. The summed E-state index contributed by atoms with van der Waals surface area (Å²) in [5.41, 5.74) is 0. The molecule has 0 rings (SSSR count). The standard InChI is InChI=1S/C66H108NO8P/c1-6-8-10-12-14-16-18-20-22-24-26-28-30-32-33-35-37-39-41-43-45-47-49-51-53-55-57-59-66(69)75-64(63-74-76(70,71)73-61-60-67(3,4)5)62-72-65(68)58-56-54-52-50-48-46-44-42-40-38-36-34-31-29-27-25-23-21-19-17-15-13-11-9-7-2/h8-11,14-17,20-23,26-29,32-34,36-37,39,43,45,64H,6-7,12-13,18-19,24-25,30-31,35,38,40-42,44,46-63H2,1-5H3/p+1/b10-8-,11-9-,16-14-,17-15-,22-20-,23-21-,28-26-,29-27-,33-32-,36-34-,39-37-,45-43-. The molecule has 0 aliphatic carbocycles. The largest absolute Gasteiger partial charge is 0.472 e. The number of likely N-dealkylation sites (N-methyl/N-ethyl adjacent to an activating group) is 1. The van der Waals surface area contributed by atoms with Gasteiger partial charge in [-0.15, -0.1) is 0 Å². The molecule has 0 aromatic rings. The lowest BCUT2D eigenvalue weighted by molar-refractivity contribution is -0.870. The average molecular weight is 1080 g/mol. The zero-order chi connectivity index (χ0) is 55.6. The predicted molar refractivity (Wildman–Crippen MR) is 325 cm³/mol. The minimum atomic E-state index is -4.41. The van der Waals surface area contributed by atoms with Crippen LogP contribution >= 0.6 is 7.82 Å². The lowest BCUT2D eigenvalue weighted by Gasteiger charge is -2.24. The van der Waals surface area contributed by atoms with Gasteiger partial charge < -0.3 is 18.9 Å². The lowest BCUT2D eigenvalue weighted by atomic mass is 10.1. The number of esters is 2. The van der Waals surface area contributed by atoms with Gasteiger partial charge in [0.1, 0.15) is 19.8 Å². The van der Waals surface area contributed by atoms with Crippen molar-refractivity contribution >= 4 is 19.8 Å². The highest BCUT2D eigenvalue weighted by Gasteiger charge is 2.27. The van der Waals surface area contributed by atoms with E-state index >= 15 is 0 Å². The van der Waals surface area contributed by atoms with E-state index in [0.717, 1.165) is 141 Å². The monoisotopic (exact) mass is 1070 g/mol. The first-order valence-corrected chi connectivity index (χ1v) is 31.1. The molecule has 0 aromatic carbocycles. The van der Waals surface area contributed by atoms with Crippen molar-refractivity contribution in [2.75, 3.05) is 47.5 Å². The van der Waals surface area contributed by atoms with Crippen LogP contribution in [0.4, 0.5) is 0 Å². The minimum absolute atomic E-state index is 0.0176. The molecule has 0 aliphatic heterocycles.